The van der Waals surface area contributed by atoms with Crippen LogP contribution in [0.3, 0.4) is 0 Å². The minimum Gasteiger partial charge on any atom is -0.0980 e. The monoisotopic (exact) mass is 100 g/mol. The molecule has 0 saturated carbocycles. The molecule has 0 spiro atoms. The number of hydrogen-bond acceptors (Lipinski definition) is 1. The van der Waals surface area contributed by atoms with E-state index in [1.54, 1.807) is 6.08 Å². The standard InChI is InChI=1S/C5H8S/c1-3-5(6)4-2/h3H,1,4H2,2H3. The van der Waals surface area contributed by atoms with Crippen LogP contribution in [0.2, 0.25) is 0 Å². The van der Waals surface area contributed by atoms with E-state index in [-0.39, 0.29) is 0 Å². The molecule has 34 valence electrons. The van der Waals surface area contributed by atoms with Gasteiger partial charge in [-0.2, -0.15) is 0 Å². The van der Waals surface area contributed by atoms with Crippen LogP contribution in [0.1, 0.15) is 13.3 Å². The van der Waals surface area contributed by atoms with Gasteiger partial charge < -0.3 is 0 Å². The Hall–Kier alpha value is -0.170. The molecule has 6 heavy (non-hydrogen) atoms. The summed E-state index contributed by atoms with van der Waals surface area (Å²) in [7, 11) is 0. The van der Waals surface area contributed by atoms with Crippen molar-refractivity contribution in [1.29, 1.82) is 0 Å². The summed E-state index contributed by atoms with van der Waals surface area (Å²) in [6.45, 7) is 5.51. The molecule has 0 heterocycles. The zero-order valence-corrected chi connectivity index (χ0v) is 4.72. The van der Waals surface area contributed by atoms with Crippen molar-refractivity contribution in [3.05, 3.63) is 12.7 Å². The lowest BCUT2D eigenvalue weighted by atomic mass is 10.3. The second kappa shape index (κ2) is 3.04. The topological polar surface area (TPSA) is 0 Å². The predicted octanol–water partition coefficient (Wildman–Crippen LogP) is 1.95. The van der Waals surface area contributed by atoms with Crippen LogP contribution < -0.4 is 0 Å². The van der Waals surface area contributed by atoms with Crippen LogP contribution in [-0.4, -0.2) is 4.86 Å². The highest BCUT2D eigenvalue weighted by atomic mass is 32.1. The smallest absolute Gasteiger partial charge is 0.0143 e. The summed E-state index contributed by atoms with van der Waals surface area (Å²) >= 11 is 4.74. The largest absolute Gasteiger partial charge is 0.0980 e. The maximum Gasteiger partial charge on any atom is 0.0143 e. The van der Waals surface area contributed by atoms with Crippen LogP contribution >= 0.6 is 12.2 Å². The van der Waals surface area contributed by atoms with E-state index in [9.17, 15) is 0 Å². The first-order valence-corrected chi connectivity index (χ1v) is 2.37. The van der Waals surface area contributed by atoms with Gasteiger partial charge in [-0.1, -0.05) is 31.8 Å². The molecule has 0 radical (unpaired) electrons. The lowest BCUT2D eigenvalue weighted by Gasteiger charge is -1.80. The fourth-order valence-corrected chi connectivity index (χ4v) is 0.144. The van der Waals surface area contributed by atoms with E-state index in [1.807, 2.05) is 6.92 Å². The molecule has 0 aromatic carbocycles. The molecule has 0 aliphatic heterocycles. The molecule has 0 rings (SSSR count). The molecular weight excluding hydrogens is 92.1 g/mol. The zero-order valence-electron chi connectivity index (χ0n) is 3.90. The minimum atomic E-state index is 0.940. The van der Waals surface area contributed by atoms with Crippen LogP contribution in [-0.2, 0) is 0 Å². The second-order valence-electron chi connectivity index (χ2n) is 1.02. The molecule has 0 N–H and O–H groups in total. The predicted molar refractivity (Wildman–Crippen MR) is 33.1 cm³/mol. The Bertz CT molecular complexity index is 64.3. The molecule has 0 nitrogen and oxygen atoms in total. The second-order valence-corrected chi connectivity index (χ2v) is 1.55. The number of thiocarbonyl (C=S) groups is 1. The zero-order chi connectivity index (χ0) is 4.99. The SMILES string of the molecule is C=CC(=S)CC. The minimum absolute atomic E-state index is 0.940. The lowest BCUT2D eigenvalue weighted by Crippen LogP contribution is -1.79. The van der Waals surface area contributed by atoms with Crippen LogP contribution in [0, 0.1) is 0 Å². The number of allylic oxidation sites excluding steroid dienone is 1. The fourth-order valence-electron chi connectivity index (χ4n) is 0.144. The Labute approximate surface area is 43.9 Å². The Morgan fingerprint density at radius 2 is 2.50 bits per heavy atom. The van der Waals surface area contributed by atoms with Gasteiger partial charge in [0, 0.05) is 4.86 Å². The summed E-state index contributed by atoms with van der Waals surface area (Å²) < 4.78 is 0. The first-order chi connectivity index (χ1) is 2.81. The number of rotatable bonds is 2. The third-order valence-corrected chi connectivity index (χ3v) is 1.03. The Morgan fingerprint density at radius 3 is 2.50 bits per heavy atom. The summed E-state index contributed by atoms with van der Waals surface area (Å²) in [5.41, 5.74) is 0. The summed E-state index contributed by atoms with van der Waals surface area (Å²) in [6.07, 6.45) is 2.65. The molecule has 0 atom stereocenters. The van der Waals surface area contributed by atoms with Gasteiger partial charge in [-0.25, -0.2) is 0 Å². The molecule has 0 bridgehead atoms. The van der Waals surface area contributed by atoms with Gasteiger partial charge in [0.05, 0.1) is 0 Å². The van der Waals surface area contributed by atoms with Crippen molar-refractivity contribution in [2.24, 2.45) is 0 Å². The Balaban J connectivity index is 3.23. The van der Waals surface area contributed by atoms with E-state index in [2.05, 4.69) is 6.58 Å². The van der Waals surface area contributed by atoms with E-state index in [4.69, 9.17) is 12.2 Å². The maximum atomic E-state index is 4.74. The molecule has 0 fully saturated rings. The Morgan fingerprint density at radius 1 is 2.00 bits per heavy atom. The van der Waals surface area contributed by atoms with Gasteiger partial charge in [0.25, 0.3) is 0 Å². The third kappa shape index (κ3) is 2.09. The van der Waals surface area contributed by atoms with E-state index in [0.717, 1.165) is 11.3 Å². The summed E-state index contributed by atoms with van der Waals surface area (Å²) in [5, 5.41) is 0. The van der Waals surface area contributed by atoms with Crippen molar-refractivity contribution in [2.45, 2.75) is 13.3 Å². The van der Waals surface area contributed by atoms with E-state index in [1.165, 1.54) is 0 Å². The normalized spacial score (nSPS) is 7.50. The van der Waals surface area contributed by atoms with Gasteiger partial charge in [0.2, 0.25) is 0 Å². The van der Waals surface area contributed by atoms with Crippen molar-refractivity contribution < 1.29 is 0 Å². The van der Waals surface area contributed by atoms with Crippen LogP contribution in [0.15, 0.2) is 12.7 Å². The van der Waals surface area contributed by atoms with Gasteiger partial charge >= 0.3 is 0 Å². The highest BCUT2D eigenvalue weighted by Crippen LogP contribution is 1.82. The van der Waals surface area contributed by atoms with Gasteiger partial charge in [-0.05, 0) is 6.42 Å². The van der Waals surface area contributed by atoms with Crippen molar-refractivity contribution in [2.75, 3.05) is 0 Å². The van der Waals surface area contributed by atoms with Gasteiger partial charge in [-0.15, -0.1) is 0 Å². The highest BCUT2D eigenvalue weighted by molar-refractivity contribution is 7.80. The van der Waals surface area contributed by atoms with Crippen LogP contribution in [0.4, 0.5) is 0 Å². The average Bonchev–Trinajstić information content (AvgIpc) is 1.65. The van der Waals surface area contributed by atoms with Crippen LogP contribution in [0.5, 0.6) is 0 Å². The van der Waals surface area contributed by atoms with Crippen molar-refractivity contribution in [1.82, 2.24) is 0 Å². The molecule has 0 aliphatic carbocycles. The van der Waals surface area contributed by atoms with E-state index in [0.29, 0.717) is 0 Å². The fraction of sp³-hybridized carbons (Fsp3) is 0.400. The Kier molecular flexibility index (Phi) is 2.95. The lowest BCUT2D eigenvalue weighted by molar-refractivity contribution is 1.33. The number of hydrogen-bond donors (Lipinski definition) is 0. The third-order valence-electron chi connectivity index (χ3n) is 0.576. The van der Waals surface area contributed by atoms with Crippen LogP contribution in [0.25, 0.3) is 0 Å². The van der Waals surface area contributed by atoms with Gasteiger partial charge in [-0.3, -0.25) is 0 Å². The van der Waals surface area contributed by atoms with Crippen molar-refractivity contribution in [3.63, 3.8) is 0 Å². The highest BCUT2D eigenvalue weighted by Gasteiger charge is 1.76. The molecule has 0 saturated heterocycles. The van der Waals surface area contributed by atoms with Gasteiger partial charge in [0.15, 0.2) is 0 Å². The summed E-state index contributed by atoms with van der Waals surface area (Å²) in [4.78, 5) is 0.940. The molecule has 1 heteroatoms. The molecule has 0 aromatic rings. The maximum absolute atomic E-state index is 4.74. The van der Waals surface area contributed by atoms with Crippen molar-refractivity contribution in [3.8, 4) is 0 Å². The van der Waals surface area contributed by atoms with Crippen molar-refractivity contribution >= 4 is 17.1 Å². The van der Waals surface area contributed by atoms with Gasteiger partial charge in [0.1, 0.15) is 0 Å². The first-order valence-electron chi connectivity index (χ1n) is 1.96. The molecule has 0 aliphatic rings. The summed E-state index contributed by atoms with van der Waals surface area (Å²) in [5.74, 6) is 0. The molecule has 0 aromatic heterocycles. The average molecular weight is 100 g/mol. The quantitative estimate of drug-likeness (QED) is 0.377. The first kappa shape index (κ1) is 5.83. The molecule has 0 unspecified atom stereocenters. The molecular formula is C5H8S. The summed E-state index contributed by atoms with van der Waals surface area (Å²) in [6, 6.07) is 0. The van der Waals surface area contributed by atoms with E-state index >= 15 is 0 Å². The van der Waals surface area contributed by atoms with E-state index < -0.39 is 0 Å². The molecule has 0 amide bonds.